The third-order valence-corrected chi connectivity index (χ3v) is 3.90. The van der Waals surface area contributed by atoms with Crippen molar-refractivity contribution in [2.45, 2.75) is 65.1 Å². The Kier molecular flexibility index (Phi) is 5.20. The van der Waals surface area contributed by atoms with Gasteiger partial charge in [-0.25, -0.2) is 4.98 Å². The Morgan fingerprint density at radius 1 is 1.42 bits per heavy atom. The van der Waals surface area contributed by atoms with E-state index in [4.69, 9.17) is 4.74 Å². The van der Waals surface area contributed by atoms with Crippen LogP contribution >= 0.6 is 0 Å². The summed E-state index contributed by atoms with van der Waals surface area (Å²) in [4.78, 5) is 4.33. The van der Waals surface area contributed by atoms with Gasteiger partial charge < -0.3 is 10.1 Å². The molecule has 0 amide bonds. The van der Waals surface area contributed by atoms with Crippen molar-refractivity contribution in [1.29, 1.82) is 0 Å². The summed E-state index contributed by atoms with van der Waals surface area (Å²) in [6.45, 7) is 7.23. The number of pyridine rings is 1. The fraction of sp³-hybridized carbons (Fsp3) is 0.688. The van der Waals surface area contributed by atoms with Crippen LogP contribution in [-0.2, 0) is 6.54 Å². The molecule has 1 aromatic rings. The summed E-state index contributed by atoms with van der Waals surface area (Å²) < 4.78 is 5.75. The van der Waals surface area contributed by atoms with Gasteiger partial charge in [0, 0.05) is 24.3 Å². The fourth-order valence-corrected chi connectivity index (χ4v) is 2.77. The molecule has 0 bridgehead atoms. The molecule has 0 aromatic carbocycles. The standard InChI is InChI=1S/C16H26N2O/c1-4-13-7-8-15(10-13)18-11-14-6-5-9-17-16(14)19-12(2)3/h5-6,9,12-13,15,18H,4,7-8,10-11H2,1-3H3. The third-order valence-electron chi connectivity index (χ3n) is 3.90. The van der Waals surface area contributed by atoms with Gasteiger partial charge in [0.25, 0.3) is 0 Å². The molecular weight excluding hydrogens is 236 g/mol. The van der Waals surface area contributed by atoms with E-state index in [1.54, 1.807) is 6.20 Å². The lowest BCUT2D eigenvalue weighted by molar-refractivity contribution is 0.229. The van der Waals surface area contributed by atoms with Crippen molar-refractivity contribution in [2.75, 3.05) is 0 Å². The van der Waals surface area contributed by atoms with Crippen molar-refractivity contribution in [2.24, 2.45) is 5.92 Å². The first-order valence-electron chi connectivity index (χ1n) is 7.53. The highest BCUT2D eigenvalue weighted by Gasteiger charge is 2.22. The molecule has 0 radical (unpaired) electrons. The lowest BCUT2D eigenvalue weighted by Crippen LogP contribution is -2.26. The molecule has 1 N–H and O–H groups in total. The Morgan fingerprint density at radius 2 is 2.26 bits per heavy atom. The van der Waals surface area contributed by atoms with Gasteiger partial charge in [-0.15, -0.1) is 0 Å². The number of nitrogens with zero attached hydrogens (tertiary/aromatic N) is 1. The summed E-state index contributed by atoms with van der Waals surface area (Å²) in [7, 11) is 0. The number of rotatable bonds is 6. The number of ether oxygens (including phenoxy) is 1. The van der Waals surface area contributed by atoms with Gasteiger partial charge in [0.05, 0.1) is 6.10 Å². The van der Waals surface area contributed by atoms with Gasteiger partial charge in [0.1, 0.15) is 0 Å². The zero-order valence-electron chi connectivity index (χ0n) is 12.4. The van der Waals surface area contributed by atoms with Gasteiger partial charge >= 0.3 is 0 Å². The first-order chi connectivity index (χ1) is 9.19. The van der Waals surface area contributed by atoms with Crippen LogP contribution in [0.3, 0.4) is 0 Å². The summed E-state index contributed by atoms with van der Waals surface area (Å²) in [5, 5.41) is 3.66. The Morgan fingerprint density at radius 3 is 2.95 bits per heavy atom. The largest absolute Gasteiger partial charge is 0.475 e. The molecule has 3 nitrogen and oxygen atoms in total. The van der Waals surface area contributed by atoms with E-state index in [0.717, 1.165) is 23.9 Å². The first kappa shape index (κ1) is 14.3. The predicted molar refractivity (Wildman–Crippen MR) is 78.3 cm³/mol. The molecule has 0 spiro atoms. The summed E-state index contributed by atoms with van der Waals surface area (Å²) in [6.07, 6.45) is 7.27. The van der Waals surface area contributed by atoms with Crippen LogP contribution in [0.2, 0.25) is 0 Å². The Labute approximate surface area is 116 Å². The molecule has 0 aliphatic heterocycles. The van der Waals surface area contributed by atoms with Crippen molar-refractivity contribution in [3.05, 3.63) is 23.9 Å². The second-order valence-corrected chi connectivity index (χ2v) is 5.80. The van der Waals surface area contributed by atoms with Crippen LogP contribution < -0.4 is 10.1 Å². The van der Waals surface area contributed by atoms with E-state index in [0.29, 0.717) is 6.04 Å². The van der Waals surface area contributed by atoms with E-state index in [2.05, 4.69) is 23.3 Å². The summed E-state index contributed by atoms with van der Waals surface area (Å²) in [6, 6.07) is 4.74. The minimum Gasteiger partial charge on any atom is -0.475 e. The number of hydrogen-bond acceptors (Lipinski definition) is 3. The van der Waals surface area contributed by atoms with Gasteiger partial charge in [0.15, 0.2) is 0 Å². The van der Waals surface area contributed by atoms with Crippen LogP contribution in [0.4, 0.5) is 0 Å². The van der Waals surface area contributed by atoms with Crippen LogP contribution in [0.1, 0.15) is 52.0 Å². The molecule has 1 heterocycles. The summed E-state index contributed by atoms with van der Waals surface area (Å²) >= 11 is 0. The minimum atomic E-state index is 0.171. The zero-order valence-corrected chi connectivity index (χ0v) is 12.4. The highest BCUT2D eigenvalue weighted by atomic mass is 16.5. The topological polar surface area (TPSA) is 34.2 Å². The quantitative estimate of drug-likeness (QED) is 0.851. The molecule has 2 atom stereocenters. The van der Waals surface area contributed by atoms with Crippen molar-refractivity contribution < 1.29 is 4.74 Å². The van der Waals surface area contributed by atoms with E-state index < -0.39 is 0 Å². The monoisotopic (exact) mass is 262 g/mol. The zero-order chi connectivity index (χ0) is 13.7. The molecule has 1 saturated carbocycles. The van der Waals surface area contributed by atoms with Crippen LogP contribution in [-0.4, -0.2) is 17.1 Å². The van der Waals surface area contributed by atoms with Gasteiger partial charge in [-0.05, 0) is 45.1 Å². The predicted octanol–water partition coefficient (Wildman–Crippen LogP) is 3.54. The van der Waals surface area contributed by atoms with Gasteiger partial charge in [-0.2, -0.15) is 0 Å². The number of hydrogen-bond donors (Lipinski definition) is 1. The first-order valence-corrected chi connectivity index (χ1v) is 7.53. The molecule has 1 fully saturated rings. The average Bonchev–Trinajstić information content (AvgIpc) is 2.85. The molecule has 106 valence electrons. The van der Waals surface area contributed by atoms with Crippen LogP contribution in [0.25, 0.3) is 0 Å². The molecule has 1 aromatic heterocycles. The summed E-state index contributed by atoms with van der Waals surface area (Å²) in [5.41, 5.74) is 1.16. The van der Waals surface area contributed by atoms with Crippen molar-refractivity contribution in [3.63, 3.8) is 0 Å². The van der Waals surface area contributed by atoms with Crippen LogP contribution in [0.5, 0.6) is 5.88 Å². The van der Waals surface area contributed by atoms with Crippen molar-refractivity contribution in [1.82, 2.24) is 10.3 Å². The van der Waals surface area contributed by atoms with E-state index in [1.807, 2.05) is 19.9 Å². The molecule has 3 heteroatoms. The molecule has 0 saturated heterocycles. The lowest BCUT2D eigenvalue weighted by atomic mass is 10.1. The minimum absolute atomic E-state index is 0.171. The maximum atomic E-state index is 5.75. The lowest BCUT2D eigenvalue weighted by Gasteiger charge is -2.16. The van der Waals surface area contributed by atoms with Gasteiger partial charge in [-0.3, -0.25) is 0 Å². The molecule has 2 rings (SSSR count). The maximum absolute atomic E-state index is 5.75. The van der Waals surface area contributed by atoms with Crippen LogP contribution in [0, 0.1) is 5.92 Å². The normalized spacial score (nSPS) is 22.9. The molecule has 19 heavy (non-hydrogen) atoms. The number of aromatic nitrogens is 1. The van der Waals surface area contributed by atoms with Crippen molar-refractivity contribution >= 4 is 0 Å². The second kappa shape index (κ2) is 6.90. The average molecular weight is 262 g/mol. The molecular formula is C16H26N2O. The van der Waals surface area contributed by atoms with E-state index in [1.165, 1.54) is 25.7 Å². The van der Waals surface area contributed by atoms with Crippen molar-refractivity contribution in [3.8, 4) is 5.88 Å². The molecule has 2 unspecified atom stereocenters. The van der Waals surface area contributed by atoms with E-state index >= 15 is 0 Å². The highest BCUT2D eigenvalue weighted by Crippen LogP contribution is 2.28. The Balaban J connectivity index is 1.89. The SMILES string of the molecule is CCC1CCC(NCc2cccnc2OC(C)C)C1. The fourth-order valence-electron chi connectivity index (χ4n) is 2.77. The Hall–Kier alpha value is -1.09. The van der Waals surface area contributed by atoms with Crippen LogP contribution in [0.15, 0.2) is 18.3 Å². The number of nitrogens with one attached hydrogen (secondary N) is 1. The van der Waals surface area contributed by atoms with E-state index in [9.17, 15) is 0 Å². The third kappa shape index (κ3) is 4.20. The maximum Gasteiger partial charge on any atom is 0.218 e. The molecule has 1 aliphatic rings. The highest BCUT2D eigenvalue weighted by molar-refractivity contribution is 5.25. The van der Waals surface area contributed by atoms with E-state index in [-0.39, 0.29) is 6.10 Å². The second-order valence-electron chi connectivity index (χ2n) is 5.80. The van der Waals surface area contributed by atoms with Gasteiger partial charge in [0.2, 0.25) is 5.88 Å². The molecule has 1 aliphatic carbocycles. The summed E-state index contributed by atoms with van der Waals surface area (Å²) in [5.74, 6) is 1.69. The van der Waals surface area contributed by atoms with Gasteiger partial charge in [-0.1, -0.05) is 19.4 Å². The smallest absolute Gasteiger partial charge is 0.218 e. The Bertz CT molecular complexity index is 392.